The van der Waals surface area contributed by atoms with Crippen LogP contribution in [0.3, 0.4) is 0 Å². The summed E-state index contributed by atoms with van der Waals surface area (Å²) in [6, 6.07) is 9.78. The third kappa shape index (κ3) is 3.46. The zero-order valence-electron chi connectivity index (χ0n) is 10.6. The molecule has 4 nitrogen and oxygen atoms in total. The first kappa shape index (κ1) is 12.9. The van der Waals surface area contributed by atoms with Gasteiger partial charge in [0.2, 0.25) is 0 Å². The van der Waals surface area contributed by atoms with Crippen LogP contribution in [0.15, 0.2) is 24.3 Å². The highest BCUT2D eigenvalue weighted by Crippen LogP contribution is 2.25. The van der Waals surface area contributed by atoms with Crippen molar-refractivity contribution in [2.24, 2.45) is 5.41 Å². The monoisotopic (exact) mass is 246 g/mol. The van der Waals surface area contributed by atoms with Crippen molar-refractivity contribution < 1.29 is 9.47 Å². The second-order valence-corrected chi connectivity index (χ2v) is 5.00. The highest BCUT2D eigenvalue weighted by Gasteiger charge is 2.32. The molecule has 1 aromatic carbocycles. The first-order chi connectivity index (χ1) is 8.72. The molecule has 2 rings (SSSR count). The standard InChI is InChI=1S/C14H18N2O2/c1-14(10-17-11-14)9-16-8-12-3-2-4-13(7-12)18-6-5-15/h2-4,7,16H,6,8-11H2,1H3. The minimum absolute atomic E-state index is 0.0896. The van der Waals surface area contributed by atoms with E-state index in [1.165, 1.54) is 0 Å². The van der Waals surface area contributed by atoms with E-state index < -0.39 is 0 Å². The van der Waals surface area contributed by atoms with E-state index in [9.17, 15) is 0 Å². The van der Waals surface area contributed by atoms with Crippen LogP contribution in [0.2, 0.25) is 0 Å². The van der Waals surface area contributed by atoms with E-state index >= 15 is 0 Å². The van der Waals surface area contributed by atoms with Crippen LogP contribution in [0.25, 0.3) is 0 Å². The fourth-order valence-electron chi connectivity index (χ4n) is 1.92. The Bertz CT molecular complexity index is 436. The lowest BCUT2D eigenvalue weighted by Crippen LogP contribution is -2.47. The molecule has 4 heteroatoms. The lowest BCUT2D eigenvalue weighted by Gasteiger charge is -2.38. The molecular formula is C14H18N2O2. The zero-order valence-corrected chi connectivity index (χ0v) is 10.6. The number of hydrogen-bond acceptors (Lipinski definition) is 4. The lowest BCUT2D eigenvalue weighted by atomic mass is 9.89. The van der Waals surface area contributed by atoms with E-state index in [-0.39, 0.29) is 12.0 Å². The molecule has 0 spiro atoms. The van der Waals surface area contributed by atoms with E-state index in [1.807, 2.05) is 30.3 Å². The number of hydrogen-bond donors (Lipinski definition) is 1. The SMILES string of the molecule is CC1(CNCc2cccc(OCC#N)c2)COC1. The van der Waals surface area contributed by atoms with Crippen LogP contribution in [0.1, 0.15) is 12.5 Å². The van der Waals surface area contributed by atoms with Gasteiger partial charge in [0.15, 0.2) is 6.61 Å². The van der Waals surface area contributed by atoms with Gasteiger partial charge in [0.05, 0.1) is 13.2 Å². The Labute approximate surface area is 108 Å². The molecule has 18 heavy (non-hydrogen) atoms. The number of nitriles is 1. The summed E-state index contributed by atoms with van der Waals surface area (Å²) in [5, 5.41) is 11.9. The van der Waals surface area contributed by atoms with Crippen LogP contribution in [-0.4, -0.2) is 26.4 Å². The Morgan fingerprint density at radius 1 is 1.50 bits per heavy atom. The van der Waals surface area contributed by atoms with Gasteiger partial charge in [-0.3, -0.25) is 0 Å². The molecule has 96 valence electrons. The van der Waals surface area contributed by atoms with Gasteiger partial charge < -0.3 is 14.8 Å². The molecule has 1 N–H and O–H groups in total. The quantitative estimate of drug-likeness (QED) is 0.830. The van der Waals surface area contributed by atoms with Crippen LogP contribution in [-0.2, 0) is 11.3 Å². The Morgan fingerprint density at radius 2 is 2.33 bits per heavy atom. The number of nitrogens with one attached hydrogen (secondary N) is 1. The summed E-state index contributed by atoms with van der Waals surface area (Å²) in [4.78, 5) is 0. The van der Waals surface area contributed by atoms with E-state index in [0.717, 1.165) is 37.6 Å². The van der Waals surface area contributed by atoms with Gasteiger partial charge in [-0.25, -0.2) is 0 Å². The van der Waals surface area contributed by atoms with Crippen molar-refractivity contribution in [3.05, 3.63) is 29.8 Å². The molecule has 1 saturated heterocycles. The fourth-order valence-corrected chi connectivity index (χ4v) is 1.92. The zero-order chi connectivity index (χ0) is 12.8. The summed E-state index contributed by atoms with van der Waals surface area (Å²) in [6.07, 6.45) is 0. The van der Waals surface area contributed by atoms with Crippen molar-refractivity contribution >= 4 is 0 Å². The molecule has 0 aliphatic carbocycles. The third-order valence-corrected chi connectivity index (χ3v) is 2.98. The summed E-state index contributed by atoms with van der Waals surface area (Å²) >= 11 is 0. The molecule has 1 aliphatic rings. The minimum Gasteiger partial charge on any atom is -0.479 e. The average Bonchev–Trinajstić information content (AvgIpc) is 2.35. The third-order valence-electron chi connectivity index (χ3n) is 2.98. The average molecular weight is 246 g/mol. The van der Waals surface area contributed by atoms with E-state index in [2.05, 4.69) is 12.2 Å². The largest absolute Gasteiger partial charge is 0.479 e. The minimum atomic E-state index is 0.0896. The van der Waals surface area contributed by atoms with Crippen LogP contribution < -0.4 is 10.1 Å². The molecule has 1 heterocycles. The van der Waals surface area contributed by atoms with Crippen molar-refractivity contribution in [2.75, 3.05) is 26.4 Å². The molecule has 1 aromatic rings. The number of benzene rings is 1. The molecule has 0 aromatic heterocycles. The van der Waals surface area contributed by atoms with Crippen molar-refractivity contribution in [1.29, 1.82) is 5.26 Å². The van der Waals surface area contributed by atoms with Gasteiger partial charge in [0, 0.05) is 18.5 Å². The maximum atomic E-state index is 8.46. The van der Waals surface area contributed by atoms with Gasteiger partial charge in [-0.2, -0.15) is 5.26 Å². The number of ether oxygens (including phenoxy) is 2. The highest BCUT2D eigenvalue weighted by atomic mass is 16.5. The predicted molar refractivity (Wildman–Crippen MR) is 68.2 cm³/mol. The first-order valence-corrected chi connectivity index (χ1v) is 6.09. The Morgan fingerprint density at radius 3 is 3.00 bits per heavy atom. The molecule has 1 fully saturated rings. The molecule has 0 bridgehead atoms. The maximum Gasteiger partial charge on any atom is 0.174 e. The van der Waals surface area contributed by atoms with Gasteiger partial charge in [0.25, 0.3) is 0 Å². The van der Waals surface area contributed by atoms with Crippen LogP contribution in [0, 0.1) is 16.7 Å². The van der Waals surface area contributed by atoms with Gasteiger partial charge in [-0.05, 0) is 17.7 Å². The van der Waals surface area contributed by atoms with E-state index in [4.69, 9.17) is 14.7 Å². The molecule has 0 amide bonds. The fraction of sp³-hybridized carbons (Fsp3) is 0.500. The lowest BCUT2D eigenvalue weighted by molar-refractivity contribution is -0.0991. The van der Waals surface area contributed by atoms with Gasteiger partial charge in [-0.1, -0.05) is 19.1 Å². The molecule has 0 atom stereocenters. The van der Waals surface area contributed by atoms with Crippen molar-refractivity contribution in [2.45, 2.75) is 13.5 Å². The first-order valence-electron chi connectivity index (χ1n) is 6.09. The summed E-state index contributed by atoms with van der Waals surface area (Å²) in [6.45, 7) is 5.74. The summed E-state index contributed by atoms with van der Waals surface area (Å²) in [5.74, 6) is 0.744. The molecular weight excluding hydrogens is 228 g/mol. The smallest absolute Gasteiger partial charge is 0.174 e. The van der Waals surface area contributed by atoms with E-state index in [0.29, 0.717) is 0 Å². The Kier molecular flexibility index (Phi) is 4.19. The van der Waals surface area contributed by atoms with Gasteiger partial charge in [0.1, 0.15) is 11.8 Å². The van der Waals surface area contributed by atoms with Crippen molar-refractivity contribution in [3.8, 4) is 11.8 Å². The molecule has 0 radical (unpaired) electrons. The van der Waals surface area contributed by atoms with Crippen LogP contribution in [0.5, 0.6) is 5.75 Å². The highest BCUT2D eigenvalue weighted by molar-refractivity contribution is 5.28. The topological polar surface area (TPSA) is 54.3 Å². The number of rotatable bonds is 6. The normalized spacial score (nSPS) is 16.7. The van der Waals surface area contributed by atoms with Gasteiger partial charge >= 0.3 is 0 Å². The summed E-state index contributed by atoms with van der Waals surface area (Å²) in [5.41, 5.74) is 1.45. The van der Waals surface area contributed by atoms with Gasteiger partial charge in [-0.15, -0.1) is 0 Å². The van der Waals surface area contributed by atoms with Crippen molar-refractivity contribution in [3.63, 3.8) is 0 Å². The molecule has 0 unspecified atom stereocenters. The van der Waals surface area contributed by atoms with Crippen LogP contribution >= 0.6 is 0 Å². The summed E-state index contributed by atoms with van der Waals surface area (Å²) < 4.78 is 10.5. The van der Waals surface area contributed by atoms with Crippen LogP contribution in [0.4, 0.5) is 0 Å². The summed E-state index contributed by atoms with van der Waals surface area (Å²) in [7, 11) is 0. The number of nitrogens with zero attached hydrogens (tertiary/aromatic N) is 1. The molecule has 1 aliphatic heterocycles. The Balaban J connectivity index is 1.80. The molecule has 0 saturated carbocycles. The van der Waals surface area contributed by atoms with E-state index in [1.54, 1.807) is 0 Å². The Hall–Kier alpha value is -1.57. The maximum absolute atomic E-state index is 8.46. The predicted octanol–water partition coefficient (Wildman–Crippen LogP) is 1.72. The second kappa shape index (κ2) is 5.85. The second-order valence-electron chi connectivity index (χ2n) is 5.00. The van der Waals surface area contributed by atoms with Crippen molar-refractivity contribution in [1.82, 2.24) is 5.32 Å².